The maximum absolute atomic E-state index is 12.1. The molecule has 1 atom stereocenters. The monoisotopic (exact) mass is 392 g/mol. The van der Waals surface area contributed by atoms with E-state index >= 15 is 0 Å². The van der Waals surface area contributed by atoms with Crippen molar-refractivity contribution in [3.05, 3.63) is 29.8 Å². The first-order valence-corrected chi connectivity index (χ1v) is 9.63. The Morgan fingerprint density at radius 2 is 1.92 bits per heavy atom. The van der Waals surface area contributed by atoms with Crippen LogP contribution in [0.15, 0.2) is 24.3 Å². The van der Waals surface area contributed by atoms with Crippen molar-refractivity contribution in [2.45, 2.75) is 26.9 Å². The van der Waals surface area contributed by atoms with Crippen LogP contribution in [0.1, 0.15) is 25.8 Å². The van der Waals surface area contributed by atoms with Gasteiger partial charge in [0.2, 0.25) is 0 Å². The standard InChI is InChI=1S/C13H18FO3P.C2H5NO.C2H6.CH5N/c1-16-13(15)5-7-17-10-11-3-2-4-12(9-11)18-8-6-14;3-1-2-4;2*1-2/h2-4,9,18H,5-8,10H2,1H3;2H,1,3H2;1-2H3;2H2,1H3. The fourth-order valence-corrected chi connectivity index (χ4v) is 2.29. The number of alkyl halides is 1. The minimum absolute atomic E-state index is 0.139. The molecule has 152 valence electrons. The van der Waals surface area contributed by atoms with Crippen LogP contribution in [0, 0.1) is 0 Å². The number of hydrogen-bond acceptors (Lipinski definition) is 6. The molecular weight excluding hydrogens is 358 g/mol. The summed E-state index contributed by atoms with van der Waals surface area (Å²) in [6.07, 6.45) is 1.49. The van der Waals surface area contributed by atoms with E-state index in [1.807, 2.05) is 38.1 Å². The zero-order valence-corrected chi connectivity index (χ0v) is 17.3. The highest BCUT2D eigenvalue weighted by atomic mass is 31.1. The topological polar surface area (TPSA) is 105 Å². The van der Waals surface area contributed by atoms with Crippen LogP contribution < -0.4 is 16.8 Å². The van der Waals surface area contributed by atoms with Gasteiger partial charge in [-0.3, -0.25) is 9.18 Å². The van der Waals surface area contributed by atoms with Gasteiger partial charge in [0.15, 0.2) is 0 Å². The number of halogens is 1. The third kappa shape index (κ3) is 20.6. The zero-order valence-electron chi connectivity index (χ0n) is 16.3. The summed E-state index contributed by atoms with van der Waals surface area (Å²) in [5, 5.41) is 1.14. The Kier molecular flexibility index (Phi) is 29.2. The van der Waals surface area contributed by atoms with E-state index in [1.165, 1.54) is 14.2 Å². The predicted octanol–water partition coefficient (Wildman–Crippen LogP) is 1.78. The van der Waals surface area contributed by atoms with Gasteiger partial charge in [0.05, 0.1) is 33.4 Å². The zero-order chi connectivity index (χ0) is 20.6. The summed E-state index contributed by atoms with van der Waals surface area (Å²) in [6, 6.07) is 7.92. The lowest BCUT2D eigenvalue weighted by Crippen LogP contribution is -2.06. The summed E-state index contributed by atoms with van der Waals surface area (Å²) >= 11 is 0. The molecule has 1 aromatic carbocycles. The minimum atomic E-state index is -0.279. The normalized spacial score (nSPS) is 9.04. The van der Waals surface area contributed by atoms with E-state index in [4.69, 9.17) is 9.53 Å². The second-order valence-electron chi connectivity index (χ2n) is 4.10. The van der Waals surface area contributed by atoms with Crippen molar-refractivity contribution in [1.29, 1.82) is 0 Å². The van der Waals surface area contributed by atoms with Gasteiger partial charge in [-0.2, -0.15) is 0 Å². The molecule has 0 bridgehead atoms. The van der Waals surface area contributed by atoms with Crippen molar-refractivity contribution in [1.82, 2.24) is 0 Å². The molecule has 6 nitrogen and oxygen atoms in total. The van der Waals surface area contributed by atoms with Gasteiger partial charge < -0.3 is 25.7 Å². The largest absolute Gasteiger partial charge is 0.469 e. The average molecular weight is 392 g/mol. The number of aldehydes is 1. The van der Waals surface area contributed by atoms with Crippen LogP contribution >= 0.6 is 8.58 Å². The number of rotatable bonds is 9. The van der Waals surface area contributed by atoms with Gasteiger partial charge in [-0.05, 0) is 30.1 Å². The predicted molar refractivity (Wildman–Crippen MR) is 108 cm³/mol. The van der Waals surface area contributed by atoms with E-state index < -0.39 is 0 Å². The molecule has 0 aliphatic heterocycles. The lowest BCUT2D eigenvalue weighted by atomic mass is 10.2. The molecule has 1 aromatic rings. The maximum atomic E-state index is 12.1. The van der Waals surface area contributed by atoms with E-state index in [0.29, 0.717) is 34.2 Å². The number of ether oxygens (including phenoxy) is 2. The van der Waals surface area contributed by atoms with Gasteiger partial charge in [-0.1, -0.05) is 40.6 Å². The van der Waals surface area contributed by atoms with Crippen molar-refractivity contribution < 1.29 is 23.5 Å². The molecule has 8 heteroatoms. The average Bonchev–Trinajstić information content (AvgIpc) is 2.73. The number of hydrogen-bond donors (Lipinski definition) is 2. The Labute approximate surface area is 158 Å². The highest BCUT2D eigenvalue weighted by molar-refractivity contribution is 7.47. The highest BCUT2D eigenvalue weighted by Gasteiger charge is 2.01. The van der Waals surface area contributed by atoms with Crippen LogP contribution in [0.3, 0.4) is 0 Å². The van der Waals surface area contributed by atoms with Gasteiger partial charge in [0, 0.05) is 6.54 Å². The summed E-state index contributed by atoms with van der Waals surface area (Å²) in [5.74, 6) is -0.270. The molecule has 0 fully saturated rings. The fraction of sp³-hybridized carbons (Fsp3) is 0.556. The van der Waals surface area contributed by atoms with Gasteiger partial charge in [-0.15, -0.1) is 0 Å². The number of benzene rings is 1. The van der Waals surface area contributed by atoms with E-state index in [2.05, 4.69) is 16.2 Å². The third-order valence-corrected chi connectivity index (χ3v) is 3.55. The number of esters is 1. The van der Waals surface area contributed by atoms with E-state index in [-0.39, 0.29) is 25.6 Å². The molecule has 1 unspecified atom stereocenters. The van der Waals surface area contributed by atoms with Crippen LogP contribution in [0.4, 0.5) is 4.39 Å². The van der Waals surface area contributed by atoms with Crippen molar-refractivity contribution in [3.8, 4) is 0 Å². The summed E-state index contributed by atoms with van der Waals surface area (Å²) in [7, 11) is 3.36. The van der Waals surface area contributed by atoms with Gasteiger partial charge in [0.25, 0.3) is 0 Å². The molecule has 26 heavy (non-hydrogen) atoms. The van der Waals surface area contributed by atoms with Gasteiger partial charge in [0.1, 0.15) is 6.29 Å². The third-order valence-electron chi connectivity index (χ3n) is 2.39. The molecule has 0 aliphatic carbocycles. The molecule has 0 aliphatic rings. The van der Waals surface area contributed by atoms with E-state index in [9.17, 15) is 9.18 Å². The second-order valence-corrected chi connectivity index (χ2v) is 5.53. The summed E-state index contributed by atoms with van der Waals surface area (Å²) in [5.41, 5.74) is 10.2. The number of nitrogens with two attached hydrogens (primary N) is 2. The quantitative estimate of drug-likeness (QED) is 0.287. The van der Waals surface area contributed by atoms with Crippen molar-refractivity contribution >= 4 is 26.1 Å². The Balaban J connectivity index is -0.000000568. The number of carbonyl (C=O) groups is 2. The molecule has 0 spiro atoms. The molecule has 0 saturated heterocycles. The van der Waals surface area contributed by atoms with Crippen LogP contribution in [-0.4, -0.2) is 52.4 Å². The Morgan fingerprint density at radius 1 is 1.31 bits per heavy atom. The van der Waals surface area contributed by atoms with Gasteiger partial charge in [-0.25, -0.2) is 0 Å². The fourth-order valence-electron chi connectivity index (χ4n) is 1.41. The van der Waals surface area contributed by atoms with E-state index in [0.717, 1.165) is 10.9 Å². The first-order chi connectivity index (χ1) is 12.7. The lowest BCUT2D eigenvalue weighted by Gasteiger charge is -2.06. The van der Waals surface area contributed by atoms with Crippen LogP contribution in [0.25, 0.3) is 0 Å². The molecule has 0 amide bonds. The van der Waals surface area contributed by atoms with Crippen molar-refractivity contribution in [2.24, 2.45) is 11.5 Å². The van der Waals surface area contributed by atoms with Gasteiger partial charge >= 0.3 is 5.97 Å². The summed E-state index contributed by atoms with van der Waals surface area (Å²) < 4.78 is 22.0. The maximum Gasteiger partial charge on any atom is 0.307 e. The van der Waals surface area contributed by atoms with E-state index in [1.54, 1.807) is 0 Å². The molecular formula is C18H34FN2O4P. The Hall–Kier alpha value is -1.40. The smallest absolute Gasteiger partial charge is 0.307 e. The Morgan fingerprint density at radius 3 is 2.42 bits per heavy atom. The SMILES string of the molecule is CC.CN.COC(=O)CCOCc1cccc(PCCF)c1.NCC=O. The number of carbonyl (C=O) groups excluding carboxylic acids is 2. The summed E-state index contributed by atoms with van der Waals surface area (Å²) in [4.78, 5) is 19.9. The molecule has 0 saturated carbocycles. The lowest BCUT2D eigenvalue weighted by molar-refractivity contribution is -0.141. The molecule has 1 rings (SSSR count). The van der Waals surface area contributed by atoms with Crippen LogP contribution in [0.5, 0.6) is 0 Å². The highest BCUT2D eigenvalue weighted by Crippen LogP contribution is 2.11. The van der Waals surface area contributed by atoms with Crippen molar-refractivity contribution in [3.63, 3.8) is 0 Å². The number of methoxy groups -OCH3 is 1. The van der Waals surface area contributed by atoms with Crippen LogP contribution in [-0.2, 0) is 25.7 Å². The second kappa shape index (κ2) is 25.8. The molecule has 4 N–H and O–H groups in total. The molecule has 0 aromatic heterocycles. The first kappa shape index (κ1) is 29.4. The van der Waals surface area contributed by atoms with Crippen LogP contribution in [0.2, 0.25) is 0 Å². The minimum Gasteiger partial charge on any atom is -0.469 e. The summed E-state index contributed by atoms with van der Waals surface area (Å²) in [6.45, 7) is 4.67. The van der Waals surface area contributed by atoms with Crippen molar-refractivity contribution in [2.75, 3.05) is 40.1 Å². The first-order valence-electron chi connectivity index (χ1n) is 8.42. The Bertz CT molecular complexity index is 437. The molecule has 0 radical (unpaired) electrons. The molecule has 0 heterocycles.